The minimum Gasteiger partial charge on any atom is -0.308 e. The zero-order valence-corrected chi connectivity index (χ0v) is 30.4. The van der Waals surface area contributed by atoms with Gasteiger partial charge in [0.05, 0.1) is 24.9 Å². The molecule has 0 spiro atoms. The molecule has 4 nitrogen and oxygen atoms in total. The molecule has 0 N–H and O–H groups in total. The van der Waals surface area contributed by atoms with E-state index in [2.05, 4.69) is 48.5 Å². The molecule has 0 aliphatic heterocycles. The Labute approximate surface area is 334 Å². The predicted octanol–water partition coefficient (Wildman–Crippen LogP) is 13.8. The Hall–Kier alpha value is -7.21. The molecule has 0 atom stereocenters. The van der Waals surface area contributed by atoms with Crippen LogP contribution in [0.25, 0.3) is 114 Å². The fourth-order valence-electron chi connectivity index (χ4n) is 8.32. The van der Waals surface area contributed by atoms with Crippen molar-refractivity contribution in [1.29, 1.82) is 0 Å². The summed E-state index contributed by atoms with van der Waals surface area (Å²) in [5, 5.41) is 8.61. The van der Waals surface area contributed by atoms with Crippen LogP contribution in [-0.4, -0.2) is 19.5 Å². The van der Waals surface area contributed by atoms with Crippen molar-refractivity contribution in [3.05, 3.63) is 182 Å². The second-order valence-corrected chi connectivity index (χ2v) is 14.9. The second kappa shape index (κ2) is 12.2. The Morgan fingerprint density at radius 1 is 0.411 bits per heavy atom. The summed E-state index contributed by atoms with van der Waals surface area (Å²) >= 11 is 1.69. The number of hydrogen-bond acceptors (Lipinski definition) is 4. The van der Waals surface area contributed by atoms with E-state index >= 15 is 0 Å². The lowest BCUT2D eigenvalue weighted by atomic mass is 9.92. The fraction of sp³-hybridized carbons (Fsp3) is 0. The molecule has 9 aromatic carbocycles. The minimum absolute atomic E-state index is 0.0466. The van der Waals surface area contributed by atoms with Crippen LogP contribution in [0, 0.1) is 0 Å². The third kappa shape index (κ3) is 4.62. The summed E-state index contributed by atoms with van der Waals surface area (Å²) in [4.78, 5) is 15.8. The fourth-order valence-corrected chi connectivity index (χ4v) is 9.53. The summed E-state index contributed by atoms with van der Waals surface area (Å²) < 4.78 is 58.4. The van der Waals surface area contributed by atoms with Gasteiger partial charge in [-0.3, -0.25) is 0 Å². The van der Waals surface area contributed by atoms with Gasteiger partial charge in [0.1, 0.15) is 0 Å². The first-order valence-corrected chi connectivity index (χ1v) is 19.2. The largest absolute Gasteiger partial charge is 0.308 e. The van der Waals surface area contributed by atoms with Gasteiger partial charge in [0.2, 0.25) is 0 Å². The van der Waals surface area contributed by atoms with Gasteiger partial charge in [-0.1, -0.05) is 145 Å². The van der Waals surface area contributed by atoms with Crippen LogP contribution in [0.2, 0.25) is 0 Å². The molecule has 0 aliphatic carbocycles. The van der Waals surface area contributed by atoms with Gasteiger partial charge >= 0.3 is 0 Å². The van der Waals surface area contributed by atoms with Crippen molar-refractivity contribution in [3.8, 4) is 39.9 Å². The third-order valence-corrected chi connectivity index (χ3v) is 12.0. The van der Waals surface area contributed by atoms with E-state index in [9.17, 15) is 2.74 Å². The molecule has 56 heavy (non-hydrogen) atoms. The summed E-state index contributed by atoms with van der Waals surface area (Å²) in [6.45, 7) is 0. The molecular formula is C51H30N4S. The smallest absolute Gasteiger partial charge is 0.166 e. The SMILES string of the molecule is [2H]c1cc([2H])c2c(c1[2H])c1c([2H])c([2H])cc([2H])c1n2-c1cc2c3ccccc3c3ccccc3c2cc1-c1nc(-c2ccccc2)nc(-c2cccc3c2sc2ccccc23)n1. The summed E-state index contributed by atoms with van der Waals surface area (Å²) in [6.07, 6.45) is 0. The van der Waals surface area contributed by atoms with Gasteiger partial charge in [-0.05, 0) is 68.7 Å². The van der Waals surface area contributed by atoms with E-state index in [-0.39, 0.29) is 58.1 Å². The van der Waals surface area contributed by atoms with Crippen LogP contribution >= 0.6 is 11.3 Å². The first-order chi connectivity index (χ1) is 30.2. The highest BCUT2D eigenvalue weighted by atomic mass is 32.1. The van der Waals surface area contributed by atoms with E-state index in [0.717, 1.165) is 63.6 Å². The molecule has 12 aromatic rings. The Balaban J connectivity index is 1.29. The van der Waals surface area contributed by atoms with Crippen LogP contribution in [-0.2, 0) is 0 Å². The molecule has 3 aromatic heterocycles. The molecule has 0 saturated heterocycles. The number of rotatable bonds is 4. The van der Waals surface area contributed by atoms with Gasteiger partial charge in [0.25, 0.3) is 0 Å². The van der Waals surface area contributed by atoms with Crippen LogP contribution in [0.1, 0.15) is 8.22 Å². The predicted molar refractivity (Wildman–Crippen MR) is 236 cm³/mol. The number of aromatic nitrogens is 4. The quantitative estimate of drug-likeness (QED) is 0.169. The first kappa shape index (κ1) is 25.7. The number of fused-ring (bicyclic) bond motifs is 12. The topological polar surface area (TPSA) is 43.6 Å². The molecule has 0 radical (unpaired) electrons. The highest BCUT2D eigenvalue weighted by Gasteiger charge is 2.23. The molecule has 12 rings (SSSR count). The Bertz CT molecular complexity index is 3830. The van der Waals surface area contributed by atoms with E-state index in [4.69, 9.17) is 20.4 Å². The maximum atomic E-state index is 9.38. The molecule has 5 heteroatoms. The Morgan fingerprint density at radius 2 is 0.946 bits per heavy atom. The summed E-state index contributed by atoms with van der Waals surface area (Å²) in [7, 11) is 0. The van der Waals surface area contributed by atoms with Crippen molar-refractivity contribution in [2.24, 2.45) is 0 Å². The molecule has 0 saturated carbocycles. The molecule has 260 valence electrons. The minimum atomic E-state index is -0.178. The zero-order valence-electron chi connectivity index (χ0n) is 35.6. The second-order valence-electron chi connectivity index (χ2n) is 13.9. The highest BCUT2D eigenvalue weighted by Crippen LogP contribution is 2.44. The van der Waals surface area contributed by atoms with E-state index in [1.54, 1.807) is 15.9 Å². The van der Waals surface area contributed by atoms with Crippen molar-refractivity contribution < 1.29 is 8.22 Å². The van der Waals surface area contributed by atoms with Crippen LogP contribution in [0.3, 0.4) is 0 Å². The average molecular weight is 737 g/mol. The van der Waals surface area contributed by atoms with E-state index in [1.807, 2.05) is 84.9 Å². The zero-order chi connectivity index (χ0) is 42.0. The summed E-state index contributed by atoms with van der Waals surface area (Å²) in [6, 6.07) is 46.9. The van der Waals surface area contributed by atoms with E-state index < -0.39 is 0 Å². The number of benzene rings is 9. The van der Waals surface area contributed by atoms with Gasteiger partial charge in [0, 0.05) is 47.6 Å². The lowest BCUT2D eigenvalue weighted by Crippen LogP contribution is -2.04. The van der Waals surface area contributed by atoms with E-state index in [1.165, 1.54) is 12.1 Å². The summed E-state index contributed by atoms with van der Waals surface area (Å²) in [5.74, 6) is 1.28. The molecule has 0 fully saturated rings. The van der Waals surface area contributed by atoms with Crippen molar-refractivity contribution in [3.63, 3.8) is 0 Å². The van der Waals surface area contributed by atoms with Crippen LogP contribution in [0.15, 0.2) is 182 Å². The van der Waals surface area contributed by atoms with E-state index in [0.29, 0.717) is 28.7 Å². The number of hydrogen-bond donors (Lipinski definition) is 0. The van der Waals surface area contributed by atoms with Gasteiger partial charge in [-0.2, -0.15) is 0 Å². The van der Waals surface area contributed by atoms with Crippen LogP contribution < -0.4 is 0 Å². The lowest BCUT2D eigenvalue weighted by molar-refractivity contribution is 1.07. The molecular weight excluding hydrogens is 701 g/mol. The van der Waals surface area contributed by atoms with Crippen LogP contribution in [0.5, 0.6) is 0 Å². The molecule has 0 amide bonds. The average Bonchev–Trinajstić information content (AvgIpc) is 3.88. The molecule has 0 aliphatic rings. The first-order valence-electron chi connectivity index (χ1n) is 21.4. The van der Waals surface area contributed by atoms with Crippen molar-refractivity contribution in [1.82, 2.24) is 19.5 Å². The van der Waals surface area contributed by atoms with Crippen LogP contribution in [0.4, 0.5) is 0 Å². The third-order valence-electron chi connectivity index (χ3n) is 10.8. The van der Waals surface area contributed by atoms with Crippen molar-refractivity contribution in [2.45, 2.75) is 0 Å². The molecule has 3 heterocycles. The van der Waals surface area contributed by atoms with Gasteiger partial charge < -0.3 is 4.57 Å². The monoisotopic (exact) mass is 736 g/mol. The molecule has 0 bridgehead atoms. The van der Waals surface area contributed by atoms with Gasteiger partial charge in [0.15, 0.2) is 17.5 Å². The van der Waals surface area contributed by atoms with Crippen molar-refractivity contribution >= 4 is 85.6 Å². The molecule has 0 unspecified atom stereocenters. The standard InChI is InChI=1S/C51H30N4S/c1-2-15-31(16-3-1)49-52-50(40-25-14-24-39-38-23-10-13-28-47(38)56-48(39)40)54-51(53-49)43-29-41-34-19-6-4-17-32(34)33-18-5-7-20-35(33)42(41)30-46(43)55-44-26-11-8-21-36(44)37-22-9-12-27-45(37)55/h1-30H/i8D,9D,21D,22D,26D,27D. The number of nitrogens with zero attached hydrogens (tertiary/aromatic N) is 4. The number of para-hydroxylation sites is 2. The number of thiophene rings is 1. The highest BCUT2D eigenvalue weighted by molar-refractivity contribution is 7.26. The maximum Gasteiger partial charge on any atom is 0.166 e. The maximum absolute atomic E-state index is 9.38. The lowest BCUT2D eigenvalue weighted by Gasteiger charge is -2.18. The normalized spacial score (nSPS) is 13.4. The Morgan fingerprint density at radius 3 is 1.62 bits per heavy atom. The van der Waals surface area contributed by atoms with Gasteiger partial charge in [-0.15, -0.1) is 11.3 Å². The summed E-state index contributed by atoms with van der Waals surface area (Å²) in [5.41, 5.74) is 3.25. The van der Waals surface area contributed by atoms with Crippen molar-refractivity contribution in [2.75, 3.05) is 0 Å². The Kier molecular flexibility index (Phi) is 5.59. The van der Waals surface area contributed by atoms with Gasteiger partial charge in [-0.25, -0.2) is 15.0 Å².